The number of esters is 1. The Kier molecular flexibility index (Phi) is 6.22. The van der Waals surface area contributed by atoms with Gasteiger partial charge < -0.3 is 19.2 Å². The molecule has 0 saturated heterocycles. The maximum absolute atomic E-state index is 12.3. The van der Waals surface area contributed by atoms with E-state index < -0.39 is 5.97 Å². The first-order chi connectivity index (χ1) is 13.1. The Labute approximate surface area is 159 Å². The van der Waals surface area contributed by atoms with Gasteiger partial charge in [0.1, 0.15) is 5.75 Å². The number of hydrogen-bond acceptors (Lipinski definition) is 7. The number of benzene rings is 1. The molecule has 2 aromatic heterocycles. The number of ether oxygens (including phenoxy) is 2. The van der Waals surface area contributed by atoms with E-state index in [9.17, 15) is 9.59 Å². The van der Waals surface area contributed by atoms with E-state index in [4.69, 9.17) is 13.9 Å². The molecule has 0 fully saturated rings. The van der Waals surface area contributed by atoms with Gasteiger partial charge in [0, 0.05) is 17.1 Å². The van der Waals surface area contributed by atoms with Crippen molar-refractivity contribution < 1.29 is 23.5 Å². The molecule has 0 saturated carbocycles. The quantitative estimate of drug-likeness (QED) is 0.596. The molecule has 0 aliphatic heterocycles. The van der Waals surface area contributed by atoms with E-state index in [1.807, 2.05) is 11.4 Å². The third-order valence-electron chi connectivity index (χ3n) is 3.41. The monoisotopic (exact) mass is 386 g/mol. The molecule has 0 aliphatic carbocycles. The van der Waals surface area contributed by atoms with E-state index in [2.05, 4.69) is 10.3 Å². The second-order valence-corrected chi connectivity index (χ2v) is 6.33. The molecule has 0 atom stereocenters. The third-order valence-corrected chi connectivity index (χ3v) is 4.31. The lowest BCUT2D eigenvalue weighted by molar-refractivity contribution is -0.145. The normalized spacial score (nSPS) is 10.4. The van der Waals surface area contributed by atoms with Gasteiger partial charge in [-0.15, -0.1) is 11.3 Å². The fourth-order valence-corrected chi connectivity index (χ4v) is 3.07. The van der Waals surface area contributed by atoms with Crippen LogP contribution in [-0.2, 0) is 20.7 Å². The maximum Gasteiger partial charge on any atom is 0.344 e. The zero-order chi connectivity index (χ0) is 19.1. The van der Waals surface area contributed by atoms with E-state index in [-0.39, 0.29) is 18.9 Å². The average molecular weight is 386 g/mol. The van der Waals surface area contributed by atoms with Crippen molar-refractivity contribution in [3.63, 3.8) is 0 Å². The Hall–Kier alpha value is -3.13. The summed E-state index contributed by atoms with van der Waals surface area (Å²) in [5.74, 6) is 0.504. The Balaban J connectivity index is 1.55. The van der Waals surface area contributed by atoms with Crippen LogP contribution >= 0.6 is 11.3 Å². The summed E-state index contributed by atoms with van der Waals surface area (Å²) in [6.07, 6.45) is 1.73. The van der Waals surface area contributed by atoms with Gasteiger partial charge in [0.25, 0.3) is 0 Å². The number of furan rings is 1. The van der Waals surface area contributed by atoms with Crippen LogP contribution in [0.5, 0.6) is 5.75 Å². The fraction of sp³-hybridized carbons (Fsp3) is 0.211. The van der Waals surface area contributed by atoms with Crippen molar-refractivity contribution in [1.82, 2.24) is 4.98 Å². The molecule has 0 radical (unpaired) electrons. The Morgan fingerprint density at radius 3 is 2.93 bits per heavy atom. The van der Waals surface area contributed by atoms with Crippen LogP contribution in [0.4, 0.5) is 5.69 Å². The molecule has 2 heterocycles. The van der Waals surface area contributed by atoms with Gasteiger partial charge >= 0.3 is 5.97 Å². The predicted octanol–water partition coefficient (Wildman–Crippen LogP) is 3.53. The number of nitrogens with zero attached hydrogens (tertiary/aromatic N) is 1. The van der Waals surface area contributed by atoms with Gasteiger partial charge in [-0.25, -0.2) is 9.78 Å². The van der Waals surface area contributed by atoms with Crippen molar-refractivity contribution in [2.75, 3.05) is 18.5 Å². The molecule has 1 aromatic carbocycles. The summed E-state index contributed by atoms with van der Waals surface area (Å²) in [4.78, 5) is 28.0. The minimum atomic E-state index is -0.442. The van der Waals surface area contributed by atoms with Crippen molar-refractivity contribution in [1.29, 1.82) is 0 Å². The third kappa shape index (κ3) is 5.42. The first-order valence-electron chi connectivity index (χ1n) is 8.30. The summed E-state index contributed by atoms with van der Waals surface area (Å²) < 4.78 is 15.5. The first kappa shape index (κ1) is 18.7. The minimum absolute atomic E-state index is 0.144. The highest BCUT2D eigenvalue weighted by Gasteiger charge is 2.11. The lowest BCUT2D eigenvalue weighted by Gasteiger charge is -2.08. The highest BCUT2D eigenvalue weighted by atomic mass is 32.1. The lowest BCUT2D eigenvalue weighted by Crippen LogP contribution is -2.16. The molecule has 1 N–H and O–H groups in total. The van der Waals surface area contributed by atoms with E-state index in [1.54, 1.807) is 43.5 Å². The highest BCUT2D eigenvalue weighted by Crippen LogP contribution is 2.24. The van der Waals surface area contributed by atoms with Crippen LogP contribution in [0.15, 0.2) is 52.5 Å². The molecule has 27 heavy (non-hydrogen) atoms. The van der Waals surface area contributed by atoms with Crippen LogP contribution in [0.2, 0.25) is 0 Å². The number of rotatable bonds is 8. The number of carbonyl (C=O) groups is 2. The summed E-state index contributed by atoms with van der Waals surface area (Å²) in [7, 11) is 0. The number of aromatic nitrogens is 1. The maximum atomic E-state index is 12.3. The highest BCUT2D eigenvalue weighted by molar-refractivity contribution is 7.13. The SMILES string of the molecule is CCOC(=O)COc1cccc(NC(=O)Cc2csc(-c3ccco3)n2)c1. The Morgan fingerprint density at radius 2 is 2.15 bits per heavy atom. The van der Waals surface area contributed by atoms with Crippen molar-refractivity contribution in [3.8, 4) is 16.5 Å². The molecule has 140 valence electrons. The van der Waals surface area contributed by atoms with Crippen molar-refractivity contribution in [2.24, 2.45) is 0 Å². The zero-order valence-electron chi connectivity index (χ0n) is 14.6. The van der Waals surface area contributed by atoms with Gasteiger partial charge in [-0.3, -0.25) is 4.79 Å². The molecule has 3 rings (SSSR count). The number of thiazole rings is 1. The molecule has 0 bridgehead atoms. The lowest BCUT2D eigenvalue weighted by atomic mass is 10.2. The second kappa shape index (κ2) is 9.00. The minimum Gasteiger partial charge on any atom is -0.482 e. The van der Waals surface area contributed by atoms with Crippen LogP contribution in [0.1, 0.15) is 12.6 Å². The standard InChI is InChI=1S/C19H18N2O5S/c1-2-24-18(23)11-26-15-6-3-5-13(9-15)20-17(22)10-14-12-27-19(21-14)16-7-4-8-25-16/h3-9,12H,2,10-11H2,1H3,(H,20,22). The van der Waals surface area contributed by atoms with Gasteiger partial charge in [0.05, 0.1) is 25.0 Å². The van der Waals surface area contributed by atoms with Crippen LogP contribution in [0.25, 0.3) is 10.8 Å². The summed E-state index contributed by atoms with van der Waals surface area (Å²) in [6, 6.07) is 10.4. The van der Waals surface area contributed by atoms with Gasteiger partial charge in [0.15, 0.2) is 17.4 Å². The van der Waals surface area contributed by atoms with E-state index >= 15 is 0 Å². The predicted molar refractivity (Wildman–Crippen MR) is 101 cm³/mol. The average Bonchev–Trinajstić information content (AvgIpc) is 3.32. The van der Waals surface area contributed by atoms with Crippen LogP contribution in [0.3, 0.4) is 0 Å². The molecule has 1 amide bonds. The van der Waals surface area contributed by atoms with Gasteiger partial charge in [-0.1, -0.05) is 6.07 Å². The van der Waals surface area contributed by atoms with E-state index in [1.165, 1.54) is 11.3 Å². The van der Waals surface area contributed by atoms with Crippen molar-refractivity contribution >= 4 is 28.9 Å². The number of hydrogen-bond donors (Lipinski definition) is 1. The van der Waals surface area contributed by atoms with E-state index in [0.717, 1.165) is 5.01 Å². The molecule has 8 heteroatoms. The smallest absolute Gasteiger partial charge is 0.344 e. The summed E-state index contributed by atoms with van der Waals surface area (Å²) >= 11 is 1.42. The fourth-order valence-electron chi connectivity index (χ4n) is 2.28. The topological polar surface area (TPSA) is 90.7 Å². The first-order valence-corrected chi connectivity index (χ1v) is 9.18. The Bertz CT molecular complexity index is 904. The van der Waals surface area contributed by atoms with Crippen LogP contribution < -0.4 is 10.1 Å². The largest absolute Gasteiger partial charge is 0.482 e. The van der Waals surface area contributed by atoms with Crippen molar-refractivity contribution in [2.45, 2.75) is 13.3 Å². The number of carbonyl (C=O) groups excluding carboxylic acids is 2. The second-order valence-electron chi connectivity index (χ2n) is 5.47. The molecular weight excluding hydrogens is 368 g/mol. The van der Waals surface area contributed by atoms with Crippen molar-refractivity contribution in [3.05, 3.63) is 53.7 Å². The molecule has 0 aliphatic rings. The van der Waals surface area contributed by atoms with Gasteiger partial charge in [0.2, 0.25) is 5.91 Å². The summed E-state index contributed by atoms with van der Waals surface area (Å²) in [5, 5.41) is 5.36. The summed E-state index contributed by atoms with van der Waals surface area (Å²) in [6.45, 7) is 1.85. The van der Waals surface area contributed by atoms with Crippen LogP contribution in [-0.4, -0.2) is 30.1 Å². The number of nitrogens with one attached hydrogen (secondary N) is 1. The molecule has 7 nitrogen and oxygen atoms in total. The zero-order valence-corrected chi connectivity index (χ0v) is 15.5. The number of anilines is 1. The Morgan fingerprint density at radius 1 is 1.26 bits per heavy atom. The number of amides is 1. The van der Waals surface area contributed by atoms with E-state index in [0.29, 0.717) is 29.5 Å². The van der Waals surface area contributed by atoms with Gasteiger partial charge in [-0.05, 0) is 31.2 Å². The summed E-state index contributed by atoms with van der Waals surface area (Å²) in [5.41, 5.74) is 1.24. The van der Waals surface area contributed by atoms with Gasteiger partial charge in [-0.2, -0.15) is 0 Å². The van der Waals surface area contributed by atoms with Crippen LogP contribution in [0, 0.1) is 0 Å². The molecule has 0 spiro atoms. The molecule has 0 unspecified atom stereocenters. The molecule has 3 aromatic rings. The molecular formula is C19H18N2O5S.